The number of carbonyl (C=O) groups excluding carboxylic acids is 1. The summed E-state index contributed by atoms with van der Waals surface area (Å²) in [7, 11) is 0. The van der Waals surface area contributed by atoms with Crippen LogP contribution >= 0.6 is 0 Å². The fraction of sp³-hybridized carbons (Fsp3) is 0.500. The number of aromatic nitrogens is 2. The smallest absolute Gasteiger partial charge is 0.249 e. The zero-order valence-electron chi connectivity index (χ0n) is 20.5. The van der Waals surface area contributed by atoms with Crippen LogP contribution in [0.15, 0.2) is 30.3 Å². The molecule has 1 saturated heterocycles. The molecule has 1 amide bonds. The fourth-order valence-electron chi connectivity index (χ4n) is 4.88. The van der Waals surface area contributed by atoms with Crippen LogP contribution < -0.4 is 5.32 Å². The van der Waals surface area contributed by atoms with Crippen molar-refractivity contribution in [2.75, 3.05) is 13.2 Å². The molecule has 1 aromatic heterocycles. The van der Waals surface area contributed by atoms with Crippen molar-refractivity contribution in [1.82, 2.24) is 14.9 Å². The summed E-state index contributed by atoms with van der Waals surface area (Å²) in [6.45, 7) is 11.2. The Bertz CT molecular complexity index is 1100. The Kier molecular flexibility index (Phi) is 7.49. The summed E-state index contributed by atoms with van der Waals surface area (Å²) < 4.78 is 7.86. The molecule has 176 valence electrons. The van der Waals surface area contributed by atoms with E-state index in [0.717, 1.165) is 63.0 Å². The van der Waals surface area contributed by atoms with Gasteiger partial charge >= 0.3 is 0 Å². The standard InChI is InChI=1S/C28H37N3O2/c1-19-17-20(2)22(4)23(21(19)3)18-31-25-12-8-7-11-24(25)30-27(31)14-6-5-9-15-29-28(32)26-13-10-16-33-26/h7-8,11-12,17,26H,5-6,9-10,13-16,18H2,1-4H3,(H,29,32). The number of aryl methyl sites for hydroxylation is 3. The van der Waals surface area contributed by atoms with Crippen LogP contribution in [-0.4, -0.2) is 34.7 Å². The molecule has 0 bridgehead atoms. The van der Waals surface area contributed by atoms with Crippen LogP contribution in [-0.2, 0) is 22.5 Å². The number of amides is 1. The highest BCUT2D eigenvalue weighted by molar-refractivity contribution is 5.80. The van der Waals surface area contributed by atoms with Crippen molar-refractivity contribution in [2.24, 2.45) is 0 Å². The van der Waals surface area contributed by atoms with E-state index < -0.39 is 0 Å². The summed E-state index contributed by atoms with van der Waals surface area (Å²) in [6.07, 6.45) is 5.65. The average molecular weight is 448 g/mol. The maximum atomic E-state index is 12.1. The van der Waals surface area contributed by atoms with E-state index in [9.17, 15) is 4.79 Å². The van der Waals surface area contributed by atoms with Gasteiger partial charge in [-0.25, -0.2) is 4.98 Å². The summed E-state index contributed by atoms with van der Waals surface area (Å²) in [6, 6.07) is 10.7. The van der Waals surface area contributed by atoms with Crippen molar-refractivity contribution in [2.45, 2.75) is 78.9 Å². The van der Waals surface area contributed by atoms with E-state index in [2.05, 4.69) is 67.9 Å². The van der Waals surface area contributed by atoms with Gasteiger partial charge in [0.1, 0.15) is 11.9 Å². The number of benzene rings is 2. The Morgan fingerprint density at radius 1 is 1.09 bits per heavy atom. The largest absolute Gasteiger partial charge is 0.368 e. The molecule has 0 saturated carbocycles. The van der Waals surface area contributed by atoms with Gasteiger partial charge in [0.2, 0.25) is 5.91 Å². The van der Waals surface area contributed by atoms with Gasteiger partial charge in [-0.2, -0.15) is 0 Å². The Hall–Kier alpha value is -2.66. The van der Waals surface area contributed by atoms with E-state index >= 15 is 0 Å². The van der Waals surface area contributed by atoms with Crippen LogP contribution in [0.4, 0.5) is 0 Å². The van der Waals surface area contributed by atoms with E-state index in [0.29, 0.717) is 6.61 Å². The number of imidazole rings is 1. The fourth-order valence-corrected chi connectivity index (χ4v) is 4.88. The van der Waals surface area contributed by atoms with Crippen molar-refractivity contribution >= 4 is 16.9 Å². The molecule has 1 aliphatic rings. The van der Waals surface area contributed by atoms with E-state index in [4.69, 9.17) is 9.72 Å². The number of hydrogen-bond donors (Lipinski definition) is 1. The van der Waals surface area contributed by atoms with Gasteiger partial charge < -0.3 is 14.6 Å². The first-order chi connectivity index (χ1) is 16.0. The third-order valence-corrected chi connectivity index (χ3v) is 7.17. The molecule has 1 atom stereocenters. The van der Waals surface area contributed by atoms with Gasteiger partial charge in [0.05, 0.1) is 11.0 Å². The number of hydrogen-bond acceptors (Lipinski definition) is 3. The summed E-state index contributed by atoms with van der Waals surface area (Å²) >= 11 is 0. The van der Waals surface area contributed by atoms with E-state index in [-0.39, 0.29) is 12.0 Å². The number of ether oxygens (including phenoxy) is 1. The molecular formula is C28H37N3O2. The molecule has 1 aliphatic heterocycles. The molecule has 0 radical (unpaired) electrons. The number of fused-ring (bicyclic) bond motifs is 1. The van der Waals surface area contributed by atoms with Crippen LogP contribution in [0.25, 0.3) is 11.0 Å². The summed E-state index contributed by atoms with van der Waals surface area (Å²) in [5, 5.41) is 3.03. The van der Waals surface area contributed by atoms with Gasteiger partial charge in [0.25, 0.3) is 0 Å². The van der Waals surface area contributed by atoms with Crippen molar-refractivity contribution in [1.29, 1.82) is 0 Å². The second-order valence-corrected chi connectivity index (χ2v) is 9.45. The molecule has 5 heteroatoms. The minimum absolute atomic E-state index is 0.0495. The van der Waals surface area contributed by atoms with Gasteiger partial charge in [-0.05, 0) is 93.3 Å². The van der Waals surface area contributed by atoms with Crippen LogP contribution in [0, 0.1) is 27.7 Å². The highest BCUT2D eigenvalue weighted by Crippen LogP contribution is 2.26. The third kappa shape index (κ3) is 5.30. The highest BCUT2D eigenvalue weighted by atomic mass is 16.5. The predicted octanol–water partition coefficient (Wildman–Crippen LogP) is 5.33. The zero-order chi connectivity index (χ0) is 23.4. The van der Waals surface area contributed by atoms with E-state index in [1.165, 1.54) is 33.3 Å². The molecule has 4 rings (SSSR count). The van der Waals surface area contributed by atoms with Gasteiger partial charge in [0, 0.05) is 26.1 Å². The Balaban J connectivity index is 1.41. The van der Waals surface area contributed by atoms with Crippen molar-refractivity contribution < 1.29 is 9.53 Å². The maximum Gasteiger partial charge on any atom is 0.249 e. The van der Waals surface area contributed by atoms with Gasteiger partial charge in [-0.3, -0.25) is 4.79 Å². The maximum absolute atomic E-state index is 12.1. The predicted molar refractivity (Wildman–Crippen MR) is 134 cm³/mol. The van der Waals surface area contributed by atoms with Gasteiger partial charge in [-0.15, -0.1) is 0 Å². The number of nitrogens with zero attached hydrogens (tertiary/aromatic N) is 2. The highest BCUT2D eigenvalue weighted by Gasteiger charge is 2.22. The van der Waals surface area contributed by atoms with E-state index in [1.54, 1.807) is 0 Å². The topological polar surface area (TPSA) is 56.2 Å². The average Bonchev–Trinajstić information content (AvgIpc) is 3.46. The van der Waals surface area contributed by atoms with Crippen LogP contribution in [0.1, 0.15) is 65.7 Å². The summed E-state index contributed by atoms with van der Waals surface area (Å²) in [5.41, 5.74) is 9.14. The van der Waals surface area contributed by atoms with Crippen LogP contribution in [0.5, 0.6) is 0 Å². The first-order valence-corrected chi connectivity index (χ1v) is 12.4. The first-order valence-electron chi connectivity index (χ1n) is 12.4. The molecule has 2 aromatic carbocycles. The van der Waals surface area contributed by atoms with Crippen molar-refractivity contribution in [3.05, 3.63) is 64.0 Å². The molecule has 0 spiro atoms. The zero-order valence-corrected chi connectivity index (χ0v) is 20.5. The molecule has 3 aromatic rings. The third-order valence-electron chi connectivity index (χ3n) is 7.17. The summed E-state index contributed by atoms with van der Waals surface area (Å²) in [4.78, 5) is 17.1. The molecule has 1 unspecified atom stereocenters. The molecule has 5 nitrogen and oxygen atoms in total. The number of rotatable bonds is 9. The Morgan fingerprint density at radius 3 is 2.58 bits per heavy atom. The summed E-state index contributed by atoms with van der Waals surface area (Å²) in [5.74, 6) is 1.20. The molecule has 1 N–H and O–H groups in total. The number of carbonyl (C=O) groups is 1. The lowest BCUT2D eigenvalue weighted by Crippen LogP contribution is -2.34. The van der Waals surface area contributed by atoms with Gasteiger partial charge in [-0.1, -0.05) is 24.6 Å². The molecule has 33 heavy (non-hydrogen) atoms. The lowest BCUT2D eigenvalue weighted by molar-refractivity contribution is -0.130. The SMILES string of the molecule is Cc1cc(C)c(C)c(Cn2c(CCCCCNC(=O)C3CCCO3)nc3ccccc32)c1C. The second-order valence-electron chi connectivity index (χ2n) is 9.45. The first kappa shape index (κ1) is 23.5. The lowest BCUT2D eigenvalue weighted by Gasteiger charge is -2.18. The Labute approximate surface area is 197 Å². The van der Waals surface area contributed by atoms with Crippen molar-refractivity contribution in [3.8, 4) is 0 Å². The number of nitrogens with one attached hydrogen (secondary N) is 1. The van der Waals surface area contributed by atoms with Crippen molar-refractivity contribution in [3.63, 3.8) is 0 Å². The number of unbranched alkanes of at least 4 members (excludes halogenated alkanes) is 2. The molecule has 1 fully saturated rings. The second kappa shape index (κ2) is 10.5. The minimum atomic E-state index is -0.234. The van der Waals surface area contributed by atoms with E-state index in [1.807, 2.05) is 0 Å². The van der Waals surface area contributed by atoms with Crippen LogP contribution in [0.2, 0.25) is 0 Å². The molecule has 0 aliphatic carbocycles. The lowest BCUT2D eigenvalue weighted by atomic mass is 9.94. The monoisotopic (exact) mass is 447 g/mol. The number of para-hydroxylation sites is 2. The Morgan fingerprint density at radius 2 is 1.85 bits per heavy atom. The minimum Gasteiger partial charge on any atom is -0.368 e. The quantitative estimate of drug-likeness (QED) is 0.451. The van der Waals surface area contributed by atoms with Crippen LogP contribution in [0.3, 0.4) is 0 Å². The van der Waals surface area contributed by atoms with Gasteiger partial charge in [0.15, 0.2) is 0 Å². The molecular weight excluding hydrogens is 410 g/mol. The normalized spacial score (nSPS) is 15.9. The molecule has 2 heterocycles.